The van der Waals surface area contributed by atoms with Crippen LogP contribution in [0.4, 0.5) is 0 Å². The minimum absolute atomic E-state index is 0.0560. The Morgan fingerprint density at radius 3 is 2.64 bits per heavy atom. The van der Waals surface area contributed by atoms with Crippen LogP contribution in [0, 0.1) is 40.4 Å². The maximum Gasteiger partial charge on any atom is 0.147 e. The molecule has 4 heteroatoms. The maximum atomic E-state index is 13.4. The van der Waals surface area contributed by atoms with Crippen molar-refractivity contribution >= 4 is 27.5 Å². The van der Waals surface area contributed by atoms with E-state index in [-0.39, 0.29) is 34.6 Å². The second-order valence-corrected chi connectivity index (χ2v) is 10.4. The van der Waals surface area contributed by atoms with Crippen LogP contribution in [0.1, 0.15) is 65.2 Å². The van der Waals surface area contributed by atoms with Gasteiger partial charge in [-0.25, -0.2) is 0 Å². The second-order valence-electron chi connectivity index (χ2n) is 9.84. The van der Waals surface area contributed by atoms with Crippen molar-refractivity contribution in [3.05, 3.63) is 0 Å². The van der Waals surface area contributed by atoms with Crippen LogP contribution in [-0.4, -0.2) is 28.1 Å². The molecule has 4 aliphatic carbocycles. The zero-order chi connectivity index (χ0) is 18.0. The van der Waals surface area contributed by atoms with Gasteiger partial charge in [-0.2, -0.15) is 0 Å². The molecule has 0 aliphatic heterocycles. The van der Waals surface area contributed by atoms with E-state index in [0.29, 0.717) is 35.3 Å². The van der Waals surface area contributed by atoms with E-state index in [2.05, 4.69) is 29.8 Å². The van der Waals surface area contributed by atoms with Gasteiger partial charge < -0.3 is 5.11 Å². The van der Waals surface area contributed by atoms with Crippen LogP contribution >= 0.6 is 15.9 Å². The third kappa shape index (κ3) is 2.53. The summed E-state index contributed by atoms with van der Waals surface area (Å²) in [7, 11) is 0. The van der Waals surface area contributed by atoms with E-state index in [1.807, 2.05) is 0 Å². The molecule has 4 saturated carbocycles. The fourth-order valence-electron chi connectivity index (χ4n) is 7.67. The van der Waals surface area contributed by atoms with Gasteiger partial charge >= 0.3 is 0 Å². The summed E-state index contributed by atoms with van der Waals surface area (Å²) in [5.41, 5.74) is -0.0570. The lowest BCUT2D eigenvalue weighted by Gasteiger charge is -2.59. The quantitative estimate of drug-likeness (QED) is 0.695. The summed E-state index contributed by atoms with van der Waals surface area (Å²) >= 11 is 3.35. The number of rotatable bonds is 2. The summed E-state index contributed by atoms with van der Waals surface area (Å²) in [4.78, 5) is 25.9. The molecule has 0 unspecified atom stereocenters. The molecule has 0 heterocycles. The molecule has 0 aromatic heterocycles. The molecular formula is C21H31BrO3. The van der Waals surface area contributed by atoms with Crippen LogP contribution in [0.15, 0.2) is 0 Å². The van der Waals surface area contributed by atoms with Crippen molar-refractivity contribution in [3.8, 4) is 0 Å². The highest BCUT2D eigenvalue weighted by Crippen LogP contribution is 2.66. The highest BCUT2D eigenvalue weighted by molar-refractivity contribution is 9.09. The summed E-state index contributed by atoms with van der Waals surface area (Å²) in [5.74, 6) is 2.39. The normalized spacial score (nSPS) is 52.2. The molecule has 3 nitrogen and oxygen atoms in total. The lowest BCUT2D eigenvalue weighted by molar-refractivity contribution is -0.162. The summed E-state index contributed by atoms with van der Waals surface area (Å²) < 4.78 is 0. The van der Waals surface area contributed by atoms with Crippen molar-refractivity contribution < 1.29 is 14.7 Å². The Balaban J connectivity index is 1.66. The fraction of sp³-hybridized carbons (Fsp3) is 0.905. The standard InChI is InChI=1S/C21H31BrO3/c1-20-8-7-13(23)9-12(20)3-4-14-15-5-6-16(18(25)11-22)21(15,2)10-17(24)19(14)20/h12-16,19,23H,3-11H2,1-2H3/t12-,13-,14-,15-,16+,19+,20-,21-/m0/s1. The van der Waals surface area contributed by atoms with E-state index in [1.54, 1.807) is 0 Å². The summed E-state index contributed by atoms with van der Waals surface area (Å²) in [6, 6.07) is 0. The number of ketones is 2. The van der Waals surface area contributed by atoms with Gasteiger partial charge in [-0.05, 0) is 73.5 Å². The Hall–Kier alpha value is -0.220. The molecule has 1 N–H and O–H groups in total. The number of hydrogen-bond acceptors (Lipinski definition) is 3. The molecule has 0 amide bonds. The molecule has 4 aliphatic rings. The molecule has 4 rings (SSSR count). The van der Waals surface area contributed by atoms with Crippen molar-refractivity contribution in [1.29, 1.82) is 0 Å². The zero-order valence-corrected chi connectivity index (χ0v) is 17.1. The number of alkyl halides is 1. The lowest BCUT2D eigenvalue weighted by atomic mass is 9.44. The molecule has 0 bridgehead atoms. The lowest BCUT2D eigenvalue weighted by Crippen LogP contribution is -2.58. The monoisotopic (exact) mass is 410 g/mol. The van der Waals surface area contributed by atoms with Gasteiger partial charge in [0.25, 0.3) is 0 Å². The summed E-state index contributed by atoms with van der Waals surface area (Å²) in [6.45, 7) is 4.56. The molecule has 0 spiro atoms. The smallest absolute Gasteiger partial charge is 0.147 e. The van der Waals surface area contributed by atoms with Crippen LogP contribution < -0.4 is 0 Å². The summed E-state index contributed by atoms with van der Waals surface area (Å²) in [5, 5.41) is 10.5. The minimum Gasteiger partial charge on any atom is -0.393 e. The van der Waals surface area contributed by atoms with E-state index in [0.717, 1.165) is 44.9 Å². The van der Waals surface area contributed by atoms with E-state index in [1.165, 1.54) is 0 Å². The molecule has 4 fully saturated rings. The molecular weight excluding hydrogens is 380 g/mol. The Labute approximate surface area is 159 Å². The Bertz CT molecular complexity index is 590. The van der Waals surface area contributed by atoms with E-state index in [9.17, 15) is 14.7 Å². The zero-order valence-electron chi connectivity index (χ0n) is 15.5. The van der Waals surface area contributed by atoms with Crippen LogP contribution in [0.3, 0.4) is 0 Å². The Morgan fingerprint density at radius 2 is 1.92 bits per heavy atom. The van der Waals surface area contributed by atoms with E-state index in [4.69, 9.17) is 0 Å². The number of aliphatic hydroxyl groups is 1. The molecule has 8 atom stereocenters. The first-order valence-electron chi connectivity index (χ1n) is 10.1. The number of Topliss-reactive ketones (excluding diaryl/α,β-unsaturated/α-hetero) is 2. The van der Waals surface area contributed by atoms with Crippen molar-refractivity contribution in [3.63, 3.8) is 0 Å². The minimum atomic E-state index is -0.175. The maximum absolute atomic E-state index is 13.4. The van der Waals surface area contributed by atoms with Crippen molar-refractivity contribution in [2.75, 3.05) is 5.33 Å². The van der Waals surface area contributed by atoms with Gasteiger partial charge in [0.15, 0.2) is 0 Å². The van der Waals surface area contributed by atoms with Gasteiger partial charge in [-0.1, -0.05) is 29.8 Å². The molecule has 0 radical (unpaired) electrons. The fourth-order valence-corrected chi connectivity index (χ4v) is 8.06. The van der Waals surface area contributed by atoms with Gasteiger partial charge in [0.1, 0.15) is 11.6 Å². The van der Waals surface area contributed by atoms with Crippen molar-refractivity contribution in [2.45, 2.75) is 71.3 Å². The van der Waals surface area contributed by atoms with Crippen LogP contribution in [-0.2, 0) is 9.59 Å². The number of carbonyl (C=O) groups is 2. The van der Waals surface area contributed by atoms with Crippen molar-refractivity contribution in [2.24, 2.45) is 40.4 Å². The number of hydrogen-bond donors (Lipinski definition) is 1. The topological polar surface area (TPSA) is 54.4 Å². The molecule has 0 aromatic carbocycles. The average molecular weight is 411 g/mol. The predicted molar refractivity (Wildman–Crippen MR) is 100 cm³/mol. The number of halogens is 1. The number of fused-ring (bicyclic) bond motifs is 5. The first-order chi connectivity index (χ1) is 11.8. The first-order valence-corrected chi connectivity index (χ1v) is 11.2. The number of carbonyl (C=O) groups excluding carboxylic acids is 2. The largest absolute Gasteiger partial charge is 0.393 e. The molecule has 0 aromatic rings. The third-order valence-electron chi connectivity index (χ3n) is 8.84. The van der Waals surface area contributed by atoms with Gasteiger partial charge in [-0.3, -0.25) is 9.59 Å². The average Bonchev–Trinajstić information content (AvgIpc) is 2.91. The SMILES string of the molecule is C[C@]12CC[C@H](O)C[C@@H]1CC[C@H]1[C@@H]3CC[C@H](C(=O)CBr)[C@@]3(C)CC(=O)[C@@H]12. The van der Waals surface area contributed by atoms with Gasteiger partial charge in [0.2, 0.25) is 0 Å². The highest BCUT2D eigenvalue weighted by atomic mass is 79.9. The molecule has 25 heavy (non-hydrogen) atoms. The Kier molecular flexibility index (Phi) is 4.47. The molecule has 0 saturated heterocycles. The van der Waals surface area contributed by atoms with Gasteiger partial charge in [0.05, 0.1) is 11.4 Å². The first kappa shape index (κ1) is 18.2. The van der Waals surface area contributed by atoms with Crippen LogP contribution in [0.5, 0.6) is 0 Å². The second kappa shape index (κ2) is 6.15. The third-order valence-corrected chi connectivity index (χ3v) is 9.39. The Morgan fingerprint density at radius 1 is 1.16 bits per heavy atom. The van der Waals surface area contributed by atoms with E-state index >= 15 is 0 Å². The number of aliphatic hydroxyl groups excluding tert-OH is 1. The van der Waals surface area contributed by atoms with Gasteiger partial charge in [0, 0.05) is 18.3 Å². The molecule has 140 valence electrons. The van der Waals surface area contributed by atoms with Crippen molar-refractivity contribution in [1.82, 2.24) is 0 Å². The summed E-state index contributed by atoms with van der Waals surface area (Å²) in [6.07, 6.45) is 7.44. The van der Waals surface area contributed by atoms with E-state index < -0.39 is 0 Å². The highest BCUT2D eigenvalue weighted by Gasteiger charge is 2.63. The predicted octanol–water partition coefficient (Wildman–Crippen LogP) is 4.15. The van der Waals surface area contributed by atoms with Crippen LogP contribution in [0.2, 0.25) is 0 Å². The van der Waals surface area contributed by atoms with Gasteiger partial charge in [-0.15, -0.1) is 0 Å². The van der Waals surface area contributed by atoms with Crippen LogP contribution in [0.25, 0.3) is 0 Å².